The summed E-state index contributed by atoms with van der Waals surface area (Å²) in [6.07, 6.45) is 0. The fourth-order valence-electron chi connectivity index (χ4n) is 8.41. The fraction of sp³-hybridized carbons (Fsp3) is 0. The van der Waals surface area contributed by atoms with Gasteiger partial charge in [0.05, 0.1) is 31.8 Å². The van der Waals surface area contributed by atoms with Crippen LogP contribution >= 0.6 is 22.7 Å². The number of thiophene rings is 2. The molecule has 0 unspecified atom stereocenters. The maximum atomic E-state index is 5.30. The molecule has 0 spiro atoms. The zero-order chi connectivity index (χ0) is 41.0. The third-order valence-electron chi connectivity index (χ3n) is 11.5. The molecule has 4 nitrogen and oxygen atoms in total. The van der Waals surface area contributed by atoms with E-state index in [1.807, 2.05) is 6.07 Å². The van der Waals surface area contributed by atoms with E-state index in [0.29, 0.717) is 5.82 Å². The Bertz CT molecular complexity index is 3610. The van der Waals surface area contributed by atoms with Gasteiger partial charge < -0.3 is 0 Å². The lowest BCUT2D eigenvalue weighted by atomic mass is 10.00. The van der Waals surface area contributed by atoms with Crippen LogP contribution in [0.2, 0.25) is 0 Å². The maximum Gasteiger partial charge on any atom is 0.160 e. The number of benzene rings is 8. The lowest BCUT2D eigenvalue weighted by molar-refractivity contribution is 1.24. The molecule has 0 aliphatic rings. The van der Waals surface area contributed by atoms with Crippen LogP contribution < -0.4 is 0 Å². The molecule has 0 saturated heterocycles. The van der Waals surface area contributed by atoms with Crippen molar-refractivity contribution in [3.8, 4) is 78.7 Å². The molecule has 62 heavy (non-hydrogen) atoms. The Kier molecular flexibility index (Phi) is 8.84. The molecule has 0 aliphatic heterocycles. The Morgan fingerprint density at radius 1 is 0.258 bits per heavy atom. The van der Waals surface area contributed by atoms with Gasteiger partial charge >= 0.3 is 0 Å². The highest BCUT2D eigenvalue weighted by Gasteiger charge is 2.19. The Labute approximate surface area is 366 Å². The van der Waals surface area contributed by atoms with Gasteiger partial charge in [-0.05, 0) is 57.6 Å². The second-order valence-corrected chi connectivity index (χ2v) is 17.5. The lowest BCUT2D eigenvalue weighted by Gasteiger charge is -2.10. The van der Waals surface area contributed by atoms with Gasteiger partial charge in [-0.1, -0.05) is 182 Å². The van der Waals surface area contributed by atoms with E-state index in [9.17, 15) is 0 Å². The van der Waals surface area contributed by atoms with E-state index < -0.39 is 0 Å². The Morgan fingerprint density at radius 3 is 1.18 bits per heavy atom. The molecule has 8 aromatic carbocycles. The van der Waals surface area contributed by atoms with Crippen molar-refractivity contribution >= 4 is 63.3 Å². The first-order valence-electron chi connectivity index (χ1n) is 20.6. The summed E-state index contributed by atoms with van der Waals surface area (Å²) < 4.78 is 4.60. The van der Waals surface area contributed by atoms with Crippen LogP contribution in [0.4, 0.5) is 0 Å². The van der Waals surface area contributed by atoms with E-state index in [1.54, 1.807) is 22.7 Å². The van der Waals surface area contributed by atoms with Gasteiger partial charge in [0.1, 0.15) is 0 Å². The van der Waals surface area contributed by atoms with Crippen LogP contribution in [0.1, 0.15) is 0 Å². The van der Waals surface area contributed by atoms with Crippen molar-refractivity contribution in [3.63, 3.8) is 0 Å². The van der Waals surface area contributed by atoms with E-state index in [0.717, 1.165) is 92.9 Å². The molecule has 0 bridgehead atoms. The smallest absolute Gasteiger partial charge is 0.160 e. The summed E-state index contributed by atoms with van der Waals surface area (Å²) in [7, 11) is 0. The summed E-state index contributed by atoms with van der Waals surface area (Å²) in [5.41, 5.74) is 14.8. The Morgan fingerprint density at radius 2 is 0.629 bits per heavy atom. The number of hydrogen-bond acceptors (Lipinski definition) is 6. The second kappa shape index (κ2) is 15.1. The van der Waals surface area contributed by atoms with E-state index >= 15 is 0 Å². The molecule has 0 atom stereocenters. The quantitative estimate of drug-likeness (QED) is 0.161. The van der Waals surface area contributed by atoms with E-state index in [2.05, 4.69) is 200 Å². The van der Waals surface area contributed by atoms with E-state index in [1.165, 1.54) is 20.5 Å². The van der Waals surface area contributed by atoms with Crippen LogP contribution in [0.3, 0.4) is 0 Å². The van der Waals surface area contributed by atoms with Gasteiger partial charge in [0.15, 0.2) is 11.6 Å². The fourth-order valence-corrected chi connectivity index (χ4v) is 10.7. The molecule has 0 N–H and O–H groups in total. The number of fused-ring (bicyclic) bond motifs is 6. The largest absolute Gasteiger partial charge is 0.226 e. The molecule has 0 fully saturated rings. The summed E-state index contributed by atoms with van der Waals surface area (Å²) in [6, 6.07) is 72.6. The molecule has 12 rings (SSSR count). The third kappa shape index (κ3) is 6.45. The minimum absolute atomic E-state index is 0.712. The van der Waals surface area contributed by atoms with Crippen molar-refractivity contribution in [1.29, 1.82) is 0 Å². The molecular formula is C56H34N4S2. The van der Waals surface area contributed by atoms with E-state index in [4.69, 9.17) is 19.9 Å². The molecule has 4 heterocycles. The highest BCUT2D eigenvalue weighted by Crippen LogP contribution is 2.42. The van der Waals surface area contributed by atoms with Crippen molar-refractivity contribution in [2.45, 2.75) is 0 Å². The van der Waals surface area contributed by atoms with Crippen molar-refractivity contribution in [2.75, 3.05) is 0 Å². The van der Waals surface area contributed by atoms with Gasteiger partial charge in [-0.3, -0.25) is 0 Å². The SMILES string of the molecule is c1ccc(-c2cccc(-c3nc(-c4ccc(-c5ccc(-c6nc(-c7cccc(-c8ccccc8)c7)c7sc8ccccc8c7n6)cc5)cc4)c4sc5ccccc5c4n3)c2)cc1. The van der Waals surface area contributed by atoms with Crippen LogP contribution in [0.5, 0.6) is 0 Å². The minimum Gasteiger partial charge on any atom is -0.226 e. The van der Waals surface area contributed by atoms with Crippen molar-refractivity contribution < 1.29 is 0 Å². The summed E-state index contributed by atoms with van der Waals surface area (Å²) >= 11 is 3.51. The van der Waals surface area contributed by atoms with Crippen molar-refractivity contribution in [2.24, 2.45) is 0 Å². The molecule has 12 aromatic rings. The first-order chi connectivity index (χ1) is 30.7. The summed E-state index contributed by atoms with van der Waals surface area (Å²) in [5.74, 6) is 1.43. The first kappa shape index (κ1) is 36.2. The van der Waals surface area contributed by atoms with Crippen LogP contribution in [-0.4, -0.2) is 19.9 Å². The van der Waals surface area contributed by atoms with Gasteiger partial charge in [0, 0.05) is 42.4 Å². The number of aromatic nitrogens is 4. The predicted octanol–water partition coefficient (Wildman–Crippen LogP) is 15.7. The summed E-state index contributed by atoms with van der Waals surface area (Å²) in [5, 5.41) is 2.30. The first-order valence-corrected chi connectivity index (χ1v) is 22.2. The average Bonchev–Trinajstić information content (AvgIpc) is 3.93. The average molecular weight is 827 g/mol. The standard InChI is InChI=1S/C56H34N4S2/c1-3-13-35(14-4-1)41-17-11-19-43(33-41)50-54-52(46-22-8-10-24-48(46)62-54)59-55(58-50)40-31-27-38(28-32-40)37-25-29-39(30-26-37)49-53-51(45-21-7-9-23-47(45)61-53)60-56(57-49)44-20-12-18-42(34-44)36-15-5-2-6-16-36/h1-34H. The molecule has 6 heteroatoms. The van der Waals surface area contributed by atoms with Gasteiger partial charge in [0.25, 0.3) is 0 Å². The van der Waals surface area contributed by atoms with Gasteiger partial charge in [0.2, 0.25) is 0 Å². The minimum atomic E-state index is 0.712. The highest BCUT2D eigenvalue weighted by molar-refractivity contribution is 7.26. The Balaban J connectivity index is 0.909. The van der Waals surface area contributed by atoms with Gasteiger partial charge in [-0.25, -0.2) is 19.9 Å². The van der Waals surface area contributed by atoms with Gasteiger partial charge in [-0.2, -0.15) is 0 Å². The van der Waals surface area contributed by atoms with Crippen molar-refractivity contribution in [3.05, 3.63) is 206 Å². The van der Waals surface area contributed by atoms with Crippen LogP contribution in [0, 0.1) is 0 Å². The molecule has 0 radical (unpaired) electrons. The van der Waals surface area contributed by atoms with Crippen LogP contribution in [-0.2, 0) is 0 Å². The normalized spacial score (nSPS) is 11.5. The molecule has 0 aliphatic carbocycles. The topological polar surface area (TPSA) is 51.6 Å². The molecule has 0 amide bonds. The second-order valence-electron chi connectivity index (χ2n) is 15.4. The zero-order valence-corrected chi connectivity index (χ0v) is 34.9. The molecule has 4 aromatic heterocycles. The number of nitrogens with zero attached hydrogens (tertiary/aromatic N) is 4. The van der Waals surface area contributed by atoms with Crippen molar-refractivity contribution in [1.82, 2.24) is 19.9 Å². The zero-order valence-electron chi connectivity index (χ0n) is 33.2. The lowest BCUT2D eigenvalue weighted by Crippen LogP contribution is -1.94. The third-order valence-corrected chi connectivity index (χ3v) is 13.9. The van der Waals surface area contributed by atoms with Crippen LogP contribution in [0.25, 0.3) is 119 Å². The Hall–Kier alpha value is -7.64. The molecule has 290 valence electrons. The van der Waals surface area contributed by atoms with Crippen LogP contribution in [0.15, 0.2) is 206 Å². The summed E-state index contributed by atoms with van der Waals surface area (Å²) in [6.45, 7) is 0. The number of rotatable bonds is 7. The van der Waals surface area contributed by atoms with E-state index in [-0.39, 0.29) is 0 Å². The predicted molar refractivity (Wildman–Crippen MR) is 261 cm³/mol. The molecular weight excluding hydrogens is 793 g/mol. The maximum absolute atomic E-state index is 5.30. The van der Waals surface area contributed by atoms with Gasteiger partial charge in [-0.15, -0.1) is 22.7 Å². The number of hydrogen-bond donors (Lipinski definition) is 0. The highest BCUT2D eigenvalue weighted by atomic mass is 32.1. The monoisotopic (exact) mass is 826 g/mol. The molecule has 0 saturated carbocycles. The summed E-state index contributed by atoms with van der Waals surface area (Å²) in [4.78, 5) is 21.0.